The van der Waals surface area contributed by atoms with Crippen molar-refractivity contribution in [2.75, 3.05) is 11.9 Å². The summed E-state index contributed by atoms with van der Waals surface area (Å²) in [5, 5.41) is 3.45. The average molecular weight is 328 g/mol. The summed E-state index contributed by atoms with van der Waals surface area (Å²) in [6, 6.07) is 5.27. The molecule has 0 radical (unpaired) electrons. The molecule has 0 heterocycles. The van der Waals surface area contributed by atoms with Crippen LogP contribution in [0.5, 0.6) is 0 Å². The zero-order valence-electron chi connectivity index (χ0n) is 11.7. The lowest BCUT2D eigenvalue weighted by Crippen LogP contribution is -2.43. The van der Waals surface area contributed by atoms with Gasteiger partial charge in [0.25, 0.3) is 0 Å². The van der Waals surface area contributed by atoms with E-state index in [-0.39, 0.29) is 5.54 Å². The molecule has 0 aliphatic carbocycles. The van der Waals surface area contributed by atoms with Crippen molar-refractivity contribution in [2.24, 2.45) is 17.4 Å². The number of rotatable bonds is 6. The topological polar surface area (TPSA) is 81.1 Å². The van der Waals surface area contributed by atoms with Gasteiger partial charge in [0.15, 0.2) is 0 Å². The number of nitrogens with two attached hydrogens (primary N) is 2. The minimum atomic E-state index is -0.434. The minimum absolute atomic E-state index is 0.176. The van der Waals surface area contributed by atoms with Crippen molar-refractivity contribution >= 4 is 27.5 Å². The van der Waals surface area contributed by atoms with E-state index in [0.717, 1.165) is 16.6 Å². The summed E-state index contributed by atoms with van der Waals surface area (Å²) in [6.07, 6.45) is 0.966. The molecule has 0 saturated carbocycles. The lowest BCUT2D eigenvalue weighted by molar-refractivity contribution is 0.100. The Morgan fingerprint density at radius 1 is 1.47 bits per heavy atom. The first-order chi connectivity index (χ1) is 8.77. The highest BCUT2D eigenvalue weighted by Crippen LogP contribution is 2.28. The molecule has 0 fully saturated rings. The largest absolute Gasteiger partial charge is 0.378 e. The van der Waals surface area contributed by atoms with Crippen LogP contribution in [-0.2, 0) is 0 Å². The third-order valence-corrected chi connectivity index (χ3v) is 3.66. The smallest absolute Gasteiger partial charge is 0.248 e. The number of primary amides is 1. The summed E-state index contributed by atoms with van der Waals surface area (Å²) in [7, 11) is 0. The van der Waals surface area contributed by atoms with Gasteiger partial charge in [-0.15, -0.1) is 0 Å². The molecule has 5 N–H and O–H groups in total. The van der Waals surface area contributed by atoms with Gasteiger partial charge in [0.05, 0.1) is 0 Å². The van der Waals surface area contributed by atoms with E-state index in [2.05, 4.69) is 42.0 Å². The molecule has 4 nitrogen and oxygen atoms in total. The van der Waals surface area contributed by atoms with Crippen LogP contribution in [0, 0.1) is 5.92 Å². The van der Waals surface area contributed by atoms with Gasteiger partial charge in [-0.3, -0.25) is 4.79 Å². The Balaban J connectivity index is 2.95. The van der Waals surface area contributed by atoms with Crippen LogP contribution in [0.2, 0.25) is 0 Å². The average Bonchev–Trinajstić information content (AvgIpc) is 2.30. The summed E-state index contributed by atoms with van der Waals surface area (Å²) in [5.74, 6) is 0.112. The zero-order chi connectivity index (χ0) is 14.6. The van der Waals surface area contributed by atoms with Crippen LogP contribution < -0.4 is 16.8 Å². The number of hydrogen-bond donors (Lipinski definition) is 3. The number of carbonyl (C=O) groups is 1. The Kier molecular flexibility index (Phi) is 5.38. The third-order valence-electron chi connectivity index (χ3n) is 3.00. The van der Waals surface area contributed by atoms with Crippen LogP contribution in [0.25, 0.3) is 0 Å². The van der Waals surface area contributed by atoms with Crippen molar-refractivity contribution in [3.63, 3.8) is 0 Å². The summed E-state index contributed by atoms with van der Waals surface area (Å²) >= 11 is 3.45. The van der Waals surface area contributed by atoms with E-state index in [1.54, 1.807) is 12.1 Å². The summed E-state index contributed by atoms with van der Waals surface area (Å²) < 4.78 is 0.812. The predicted octanol–water partition coefficient (Wildman–Crippen LogP) is 2.72. The molecule has 1 amide bonds. The van der Waals surface area contributed by atoms with Gasteiger partial charge in [-0.2, -0.15) is 0 Å². The molecule has 106 valence electrons. The highest BCUT2D eigenvalue weighted by Gasteiger charge is 2.24. The Labute approximate surface area is 123 Å². The van der Waals surface area contributed by atoms with E-state index in [4.69, 9.17) is 11.5 Å². The van der Waals surface area contributed by atoms with Gasteiger partial charge >= 0.3 is 0 Å². The second-order valence-electron chi connectivity index (χ2n) is 5.55. The maximum Gasteiger partial charge on any atom is 0.248 e. The SMILES string of the molecule is CC(C)CC(C)(CN)Nc1ccc(C(N)=O)cc1Br. The quantitative estimate of drug-likeness (QED) is 0.751. The molecule has 1 unspecified atom stereocenters. The first kappa shape index (κ1) is 16.0. The third kappa shape index (κ3) is 4.51. The van der Waals surface area contributed by atoms with Gasteiger partial charge in [-0.25, -0.2) is 0 Å². The molecule has 0 aromatic heterocycles. The molecule has 0 bridgehead atoms. The summed E-state index contributed by atoms with van der Waals surface area (Å²) in [4.78, 5) is 11.1. The minimum Gasteiger partial charge on any atom is -0.378 e. The van der Waals surface area contributed by atoms with E-state index >= 15 is 0 Å². The molecule has 1 rings (SSSR count). The van der Waals surface area contributed by atoms with E-state index < -0.39 is 5.91 Å². The molecule has 1 aromatic rings. The fraction of sp³-hybridized carbons (Fsp3) is 0.500. The van der Waals surface area contributed by atoms with Gasteiger partial charge in [-0.05, 0) is 53.4 Å². The molecular weight excluding hydrogens is 306 g/mol. The lowest BCUT2D eigenvalue weighted by atomic mass is 9.90. The number of hydrogen-bond acceptors (Lipinski definition) is 3. The predicted molar refractivity (Wildman–Crippen MR) is 83.2 cm³/mol. The van der Waals surface area contributed by atoms with Gasteiger partial charge in [0.2, 0.25) is 5.91 Å². The van der Waals surface area contributed by atoms with Gasteiger partial charge in [0.1, 0.15) is 0 Å². The number of halogens is 1. The van der Waals surface area contributed by atoms with Crippen molar-refractivity contribution in [1.29, 1.82) is 0 Å². The Hall–Kier alpha value is -1.07. The lowest BCUT2D eigenvalue weighted by Gasteiger charge is -2.32. The fourth-order valence-corrected chi connectivity index (χ4v) is 2.66. The fourth-order valence-electron chi connectivity index (χ4n) is 2.18. The second kappa shape index (κ2) is 6.39. The van der Waals surface area contributed by atoms with Crippen LogP contribution >= 0.6 is 15.9 Å². The Morgan fingerprint density at radius 2 is 2.11 bits per heavy atom. The van der Waals surface area contributed by atoms with E-state index in [1.165, 1.54) is 0 Å². The molecule has 0 aliphatic rings. The molecule has 19 heavy (non-hydrogen) atoms. The van der Waals surface area contributed by atoms with Gasteiger partial charge in [0, 0.05) is 27.8 Å². The van der Waals surface area contributed by atoms with Crippen molar-refractivity contribution in [3.05, 3.63) is 28.2 Å². The molecule has 0 aliphatic heterocycles. The number of anilines is 1. The number of amides is 1. The van der Waals surface area contributed by atoms with Gasteiger partial charge in [-0.1, -0.05) is 13.8 Å². The van der Waals surface area contributed by atoms with Crippen molar-refractivity contribution in [2.45, 2.75) is 32.7 Å². The van der Waals surface area contributed by atoms with Crippen molar-refractivity contribution in [3.8, 4) is 0 Å². The summed E-state index contributed by atoms with van der Waals surface area (Å²) in [5.41, 5.74) is 12.4. The molecule has 5 heteroatoms. The number of benzene rings is 1. The van der Waals surface area contributed by atoms with Crippen LogP contribution in [0.1, 0.15) is 37.6 Å². The van der Waals surface area contributed by atoms with Crippen LogP contribution in [-0.4, -0.2) is 18.0 Å². The second-order valence-corrected chi connectivity index (χ2v) is 6.40. The van der Waals surface area contributed by atoms with Crippen LogP contribution in [0.4, 0.5) is 5.69 Å². The molecular formula is C14H22BrN3O. The van der Waals surface area contributed by atoms with Gasteiger partial charge < -0.3 is 16.8 Å². The molecule has 1 aromatic carbocycles. The Morgan fingerprint density at radius 3 is 2.53 bits per heavy atom. The normalized spacial score (nSPS) is 14.2. The van der Waals surface area contributed by atoms with Crippen LogP contribution in [0.3, 0.4) is 0 Å². The summed E-state index contributed by atoms with van der Waals surface area (Å²) in [6.45, 7) is 6.97. The highest BCUT2D eigenvalue weighted by atomic mass is 79.9. The first-order valence-corrected chi connectivity index (χ1v) is 7.14. The Bertz CT molecular complexity index is 462. The van der Waals surface area contributed by atoms with Crippen molar-refractivity contribution in [1.82, 2.24) is 0 Å². The highest BCUT2D eigenvalue weighted by molar-refractivity contribution is 9.10. The zero-order valence-corrected chi connectivity index (χ0v) is 13.3. The number of carbonyl (C=O) groups excluding carboxylic acids is 1. The first-order valence-electron chi connectivity index (χ1n) is 6.35. The number of nitrogens with one attached hydrogen (secondary N) is 1. The van der Waals surface area contributed by atoms with E-state index in [1.807, 2.05) is 6.07 Å². The van der Waals surface area contributed by atoms with Crippen LogP contribution in [0.15, 0.2) is 22.7 Å². The van der Waals surface area contributed by atoms with E-state index in [0.29, 0.717) is 18.0 Å². The molecule has 0 saturated heterocycles. The monoisotopic (exact) mass is 327 g/mol. The standard InChI is InChI=1S/C14H22BrN3O/c1-9(2)7-14(3,8-16)18-12-5-4-10(13(17)19)6-11(12)15/h4-6,9,18H,7-8,16H2,1-3H3,(H2,17,19). The molecule has 0 spiro atoms. The maximum atomic E-state index is 11.1. The maximum absolute atomic E-state index is 11.1. The molecule has 1 atom stereocenters. The van der Waals surface area contributed by atoms with E-state index in [9.17, 15) is 4.79 Å². The van der Waals surface area contributed by atoms with Crippen molar-refractivity contribution < 1.29 is 4.79 Å².